The number of hydrazine groups is 2. The van der Waals surface area contributed by atoms with Crippen molar-refractivity contribution >= 4 is 17.3 Å². The molecular formula is C46H37N5O. The molecule has 0 amide bonds. The van der Waals surface area contributed by atoms with Crippen molar-refractivity contribution in [2.24, 2.45) is 0 Å². The molecule has 6 aromatic carbocycles. The van der Waals surface area contributed by atoms with Crippen LogP contribution in [0.25, 0.3) is 0 Å². The van der Waals surface area contributed by atoms with Crippen molar-refractivity contribution in [2.45, 2.75) is 11.1 Å². The highest BCUT2D eigenvalue weighted by Crippen LogP contribution is 2.48. The monoisotopic (exact) mass is 675 g/mol. The molecule has 0 aliphatic carbocycles. The molecule has 4 N–H and O–H groups in total. The minimum Gasteiger partial charge on any atom is -0.384 e. The molecule has 0 radical (unpaired) electrons. The Bertz CT molecular complexity index is 2120. The summed E-state index contributed by atoms with van der Waals surface area (Å²) in [5.74, 6) is 7.37. The smallest absolute Gasteiger partial charge is 0.174 e. The maximum atomic E-state index is 9.85. The molecule has 6 heteroatoms. The molecule has 8 rings (SSSR count). The van der Waals surface area contributed by atoms with Crippen LogP contribution >= 0.6 is 0 Å². The Hall–Kier alpha value is -6.65. The number of benzene rings is 6. The molecule has 0 fully saturated rings. The van der Waals surface area contributed by atoms with E-state index in [1.54, 1.807) is 0 Å². The van der Waals surface area contributed by atoms with Gasteiger partial charge in [0, 0.05) is 0 Å². The van der Waals surface area contributed by atoms with Crippen LogP contribution in [0.5, 0.6) is 0 Å². The van der Waals surface area contributed by atoms with Gasteiger partial charge in [0.25, 0.3) is 0 Å². The normalized spacial score (nSPS) is 12.3. The van der Waals surface area contributed by atoms with E-state index in [4.69, 9.17) is 4.98 Å². The highest BCUT2D eigenvalue weighted by molar-refractivity contribution is 5.82. The number of hydrogen-bond donors (Lipinski definition) is 4. The molecule has 52 heavy (non-hydrogen) atoms. The number of rotatable bonds is 9. The Balaban J connectivity index is 1.41. The van der Waals surface area contributed by atoms with Gasteiger partial charge in [0.1, 0.15) is 29.2 Å². The summed E-state index contributed by atoms with van der Waals surface area (Å²) >= 11 is 0. The Kier molecular flexibility index (Phi) is 8.95. The van der Waals surface area contributed by atoms with Crippen molar-refractivity contribution < 1.29 is 5.11 Å². The van der Waals surface area contributed by atoms with Crippen LogP contribution in [0.4, 0.5) is 17.3 Å². The van der Waals surface area contributed by atoms with Crippen molar-refractivity contribution in [2.75, 3.05) is 22.4 Å². The van der Waals surface area contributed by atoms with Crippen LogP contribution in [0.2, 0.25) is 0 Å². The van der Waals surface area contributed by atoms with Crippen LogP contribution in [-0.4, -0.2) is 16.7 Å². The second kappa shape index (κ2) is 14.3. The van der Waals surface area contributed by atoms with Gasteiger partial charge in [-0.3, -0.25) is 10.4 Å². The van der Waals surface area contributed by atoms with Gasteiger partial charge in [-0.2, -0.15) is 0 Å². The summed E-state index contributed by atoms with van der Waals surface area (Å²) in [6.45, 7) is -0.277. The summed E-state index contributed by atoms with van der Waals surface area (Å²) in [5.41, 5.74) is 12.9. The average molecular weight is 676 g/mol. The van der Waals surface area contributed by atoms with E-state index >= 15 is 0 Å². The van der Waals surface area contributed by atoms with Crippen molar-refractivity contribution in [3.63, 3.8) is 0 Å². The summed E-state index contributed by atoms with van der Waals surface area (Å²) in [6.07, 6.45) is 0. The first-order valence-corrected chi connectivity index (χ1v) is 17.3. The fourth-order valence-electron chi connectivity index (χ4n) is 7.42. The number of nitrogens with one attached hydrogen (secondary N) is 3. The number of fused-ring (bicyclic) bond motifs is 1. The molecule has 0 saturated carbocycles. The van der Waals surface area contributed by atoms with E-state index in [0.29, 0.717) is 22.9 Å². The van der Waals surface area contributed by atoms with Gasteiger partial charge in [-0.05, 0) is 39.4 Å². The maximum Gasteiger partial charge on any atom is 0.174 e. The molecule has 0 atom stereocenters. The second-order valence-electron chi connectivity index (χ2n) is 12.6. The van der Waals surface area contributed by atoms with E-state index in [1.807, 2.05) is 42.5 Å². The van der Waals surface area contributed by atoms with Gasteiger partial charge < -0.3 is 10.4 Å². The average Bonchev–Trinajstić information content (AvgIpc) is 3.66. The van der Waals surface area contributed by atoms with E-state index in [-0.39, 0.29) is 6.61 Å². The number of aromatic nitrogens is 1. The van der Waals surface area contributed by atoms with Gasteiger partial charge in [0.2, 0.25) is 0 Å². The van der Waals surface area contributed by atoms with Gasteiger partial charge in [-0.1, -0.05) is 194 Å². The molecule has 1 aliphatic heterocycles. The fourth-order valence-corrected chi connectivity index (χ4v) is 7.42. The van der Waals surface area contributed by atoms with Crippen LogP contribution < -0.4 is 21.3 Å². The summed E-state index contributed by atoms with van der Waals surface area (Å²) < 4.78 is 0. The molecule has 0 unspecified atom stereocenters. The molecule has 1 aliphatic rings. The number of aliphatic hydroxyl groups excluding tert-OH is 1. The zero-order chi connectivity index (χ0) is 35.2. The van der Waals surface area contributed by atoms with Crippen LogP contribution in [0.15, 0.2) is 188 Å². The zero-order valence-electron chi connectivity index (χ0n) is 28.4. The van der Waals surface area contributed by atoms with Gasteiger partial charge in [0.15, 0.2) is 5.82 Å². The molecule has 2 heterocycles. The number of nitrogens with zero attached hydrogens (tertiary/aromatic N) is 2. The lowest BCUT2D eigenvalue weighted by Gasteiger charge is -2.43. The van der Waals surface area contributed by atoms with Crippen molar-refractivity contribution in [3.05, 3.63) is 227 Å². The van der Waals surface area contributed by atoms with Gasteiger partial charge in [-0.15, -0.1) is 5.53 Å². The number of pyridine rings is 1. The molecule has 7 aromatic rings. The third kappa shape index (κ3) is 5.65. The van der Waals surface area contributed by atoms with E-state index in [1.165, 1.54) is 0 Å². The van der Waals surface area contributed by atoms with Crippen LogP contribution in [0.1, 0.15) is 38.9 Å². The highest BCUT2D eigenvalue weighted by atomic mass is 16.2. The predicted octanol–water partition coefficient (Wildman–Crippen LogP) is 8.47. The molecule has 0 saturated heterocycles. The Morgan fingerprint density at radius 3 is 1.33 bits per heavy atom. The van der Waals surface area contributed by atoms with E-state index in [0.717, 1.165) is 33.4 Å². The quantitative estimate of drug-likeness (QED) is 0.0909. The molecule has 1 aromatic heterocycles. The minimum absolute atomic E-state index is 0.277. The molecule has 6 nitrogen and oxygen atoms in total. The fraction of sp³-hybridized carbons (Fsp3) is 0.0652. The van der Waals surface area contributed by atoms with E-state index in [2.05, 4.69) is 179 Å². The summed E-state index contributed by atoms with van der Waals surface area (Å²) in [6, 6.07) is 64.7. The van der Waals surface area contributed by atoms with Crippen LogP contribution in [-0.2, 0) is 11.1 Å². The first-order valence-electron chi connectivity index (χ1n) is 17.3. The maximum absolute atomic E-state index is 9.85. The third-order valence-corrected chi connectivity index (χ3v) is 9.65. The second-order valence-corrected chi connectivity index (χ2v) is 12.6. The summed E-state index contributed by atoms with van der Waals surface area (Å²) in [4.78, 5) is 5.47. The Morgan fingerprint density at radius 2 is 0.942 bits per heavy atom. The van der Waals surface area contributed by atoms with Gasteiger partial charge in [-0.25, -0.2) is 4.98 Å². The van der Waals surface area contributed by atoms with Crippen molar-refractivity contribution in [1.29, 1.82) is 0 Å². The van der Waals surface area contributed by atoms with Gasteiger partial charge >= 0.3 is 0 Å². The van der Waals surface area contributed by atoms with Gasteiger partial charge in [0.05, 0.1) is 5.56 Å². The standard InChI is InChI=1S/C46H37N5O/c52-33-19-20-35-34-42(48-45(36-21-7-1-8-22-36,37-23-9-2-10-24-37)38-25-11-3-12-26-38)47-44-43(35)49-50-51(44)46(39-27-13-4-14-28-39,40-29-15-5-16-30-40)41-31-17-6-18-32-41/h1-18,21-32,34,49-50,52H,33H2,(H,47,48). The lowest BCUT2D eigenvalue weighted by molar-refractivity contribution is 0.350. The Labute approximate surface area is 304 Å². The highest BCUT2D eigenvalue weighted by Gasteiger charge is 2.47. The van der Waals surface area contributed by atoms with Crippen molar-refractivity contribution in [1.82, 2.24) is 10.5 Å². The number of hydrogen-bond acceptors (Lipinski definition) is 6. The van der Waals surface area contributed by atoms with E-state index in [9.17, 15) is 5.11 Å². The SMILES string of the molecule is OCC#Cc1cc(NC(c2ccccc2)(c2ccccc2)c2ccccc2)nc2c1NNN2C(c1ccccc1)(c1ccccc1)c1ccccc1. The Morgan fingerprint density at radius 1 is 0.558 bits per heavy atom. The zero-order valence-corrected chi connectivity index (χ0v) is 28.4. The molecule has 252 valence electrons. The first-order chi connectivity index (χ1) is 25.7. The topological polar surface area (TPSA) is 72.4 Å². The predicted molar refractivity (Wildman–Crippen MR) is 209 cm³/mol. The lowest BCUT2D eigenvalue weighted by atomic mass is 9.76. The van der Waals surface area contributed by atoms with Crippen LogP contribution in [0, 0.1) is 11.8 Å². The molecule has 0 bridgehead atoms. The largest absolute Gasteiger partial charge is 0.384 e. The molecule has 0 spiro atoms. The molecular weight excluding hydrogens is 639 g/mol. The van der Waals surface area contributed by atoms with Crippen LogP contribution in [0.3, 0.4) is 0 Å². The number of anilines is 3. The van der Waals surface area contributed by atoms with Crippen molar-refractivity contribution in [3.8, 4) is 11.8 Å². The minimum atomic E-state index is -0.870. The first kappa shape index (κ1) is 32.5. The summed E-state index contributed by atoms with van der Waals surface area (Å²) in [5, 5.41) is 15.9. The third-order valence-electron chi connectivity index (χ3n) is 9.65. The number of aliphatic hydroxyl groups is 1. The van der Waals surface area contributed by atoms with E-state index < -0.39 is 11.1 Å². The lowest BCUT2D eigenvalue weighted by Crippen LogP contribution is -2.54. The summed E-state index contributed by atoms with van der Waals surface area (Å²) in [7, 11) is 0.